The summed E-state index contributed by atoms with van der Waals surface area (Å²) in [6.07, 6.45) is 3.46. The van der Waals surface area contributed by atoms with Crippen LogP contribution in [0.1, 0.15) is 53.2 Å². The minimum absolute atomic E-state index is 0.193. The number of carbonyl (C=O) groups is 2. The van der Waals surface area contributed by atoms with Gasteiger partial charge in [-0.2, -0.15) is 5.10 Å². The first-order valence-electron chi connectivity index (χ1n) is 9.84. The average molecular weight is 422 g/mol. The fourth-order valence-corrected chi connectivity index (χ4v) is 3.40. The number of carbonyl (C=O) groups excluding carboxylic acids is 2. The molecule has 0 aliphatic rings. The van der Waals surface area contributed by atoms with E-state index in [-0.39, 0.29) is 12.5 Å². The van der Waals surface area contributed by atoms with Gasteiger partial charge in [-0.25, -0.2) is 9.67 Å². The number of unbranched alkanes of at least 4 members (excludes halogenated alkanes) is 1. The van der Waals surface area contributed by atoms with E-state index in [4.69, 9.17) is 21.1 Å². The van der Waals surface area contributed by atoms with Crippen molar-refractivity contribution in [2.24, 2.45) is 11.3 Å². The van der Waals surface area contributed by atoms with Crippen LogP contribution in [0, 0.1) is 11.3 Å². The molecule has 0 amide bonds. The third-order valence-electron chi connectivity index (χ3n) is 4.95. The monoisotopic (exact) mass is 421 g/mol. The molecule has 1 aromatic carbocycles. The van der Waals surface area contributed by atoms with E-state index in [0.29, 0.717) is 23.6 Å². The van der Waals surface area contributed by atoms with Gasteiger partial charge in [0.2, 0.25) is 5.78 Å². The van der Waals surface area contributed by atoms with E-state index in [2.05, 4.69) is 10.1 Å². The highest BCUT2D eigenvalue weighted by molar-refractivity contribution is 6.30. The Morgan fingerprint density at radius 2 is 1.90 bits per heavy atom. The summed E-state index contributed by atoms with van der Waals surface area (Å²) in [5.41, 5.74) is -1.35. The zero-order valence-electron chi connectivity index (χ0n) is 17.3. The highest BCUT2D eigenvalue weighted by Crippen LogP contribution is 2.40. The molecule has 8 heteroatoms. The van der Waals surface area contributed by atoms with Crippen molar-refractivity contribution in [1.82, 2.24) is 14.8 Å². The van der Waals surface area contributed by atoms with E-state index in [9.17, 15) is 9.59 Å². The summed E-state index contributed by atoms with van der Waals surface area (Å²) in [6, 6.07) is 6.65. The Bertz CT molecular complexity index is 793. The van der Waals surface area contributed by atoms with Crippen LogP contribution in [0.25, 0.3) is 0 Å². The maximum absolute atomic E-state index is 13.9. The third kappa shape index (κ3) is 5.15. The molecule has 0 spiro atoms. The normalized spacial score (nSPS) is 14.3. The molecule has 2 atom stereocenters. The van der Waals surface area contributed by atoms with Crippen LogP contribution in [0.5, 0.6) is 5.75 Å². The van der Waals surface area contributed by atoms with E-state index in [1.807, 2.05) is 20.8 Å². The third-order valence-corrected chi connectivity index (χ3v) is 5.20. The fraction of sp³-hybridized carbons (Fsp3) is 0.524. The highest BCUT2D eigenvalue weighted by Gasteiger charge is 2.53. The molecule has 0 aliphatic carbocycles. The van der Waals surface area contributed by atoms with Gasteiger partial charge in [0.05, 0.1) is 6.61 Å². The quantitative estimate of drug-likeness (QED) is 0.393. The maximum Gasteiger partial charge on any atom is 0.320 e. The summed E-state index contributed by atoms with van der Waals surface area (Å²) in [4.78, 5) is 30.9. The first kappa shape index (κ1) is 22.9. The Labute approximate surface area is 176 Å². The van der Waals surface area contributed by atoms with Gasteiger partial charge in [-0.05, 0) is 43.5 Å². The van der Waals surface area contributed by atoms with Crippen molar-refractivity contribution in [3.05, 3.63) is 41.9 Å². The summed E-state index contributed by atoms with van der Waals surface area (Å²) < 4.78 is 12.6. The molecule has 29 heavy (non-hydrogen) atoms. The van der Waals surface area contributed by atoms with E-state index < -0.39 is 23.4 Å². The van der Waals surface area contributed by atoms with E-state index >= 15 is 0 Å². The molecule has 158 valence electrons. The molecule has 0 aliphatic heterocycles. The minimum Gasteiger partial charge on any atom is -0.465 e. The molecule has 2 unspecified atom stereocenters. The van der Waals surface area contributed by atoms with E-state index in [1.165, 1.54) is 17.3 Å². The molecule has 2 rings (SSSR count). The van der Waals surface area contributed by atoms with Crippen molar-refractivity contribution in [3.8, 4) is 5.75 Å². The number of aromatic nitrogens is 3. The lowest BCUT2D eigenvalue weighted by Crippen LogP contribution is -2.49. The van der Waals surface area contributed by atoms with Gasteiger partial charge in [-0.1, -0.05) is 45.2 Å². The Hall–Kier alpha value is -2.41. The van der Waals surface area contributed by atoms with Crippen LogP contribution in [0.3, 0.4) is 0 Å². The summed E-state index contributed by atoms with van der Waals surface area (Å²) in [7, 11) is 0. The Morgan fingerprint density at radius 3 is 2.41 bits per heavy atom. The van der Waals surface area contributed by atoms with Gasteiger partial charge < -0.3 is 9.47 Å². The van der Waals surface area contributed by atoms with Crippen molar-refractivity contribution in [2.45, 2.75) is 53.2 Å². The molecule has 0 N–H and O–H groups in total. The molecule has 0 fully saturated rings. The largest absolute Gasteiger partial charge is 0.465 e. The number of halogens is 1. The van der Waals surface area contributed by atoms with E-state index in [1.54, 1.807) is 31.2 Å². The van der Waals surface area contributed by atoms with Crippen LogP contribution < -0.4 is 4.74 Å². The zero-order chi connectivity index (χ0) is 21.4. The van der Waals surface area contributed by atoms with Gasteiger partial charge in [0.15, 0.2) is 0 Å². The van der Waals surface area contributed by atoms with Crippen LogP contribution in [-0.2, 0) is 14.3 Å². The summed E-state index contributed by atoms with van der Waals surface area (Å²) in [5, 5.41) is 4.64. The Morgan fingerprint density at radius 1 is 1.21 bits per heavy atom. The standard InChI is InChI=1S/C21H28ClN3O4/c1-5-7-12-21(15(3)4,20(27)28-6-2)18(26)19(25-14-23-13-24-25)29-17-10-8-16(22)9-11-17/h8-11,13-15,19H,5-7,12H2,1-4H3. The number of benzene rings is 1. The second-order valence-electron chi connectivity index (χ2n) is 7.11. The Balaban J connectivity index is 2.50. The molecule has 0 saturated carbocycles. The molecule has 1 heterocycles. The average Bonchev–Trinajstić information content (AvgIpc) is 3.22. The summed E-state index contributed by atoms with van der Waals surface area (Å²) in [5.74, 6) is -0.793. The molecule has 0 saturated heterocycles. The molecular formula is C21H28ClN3O4. The van der Waals surface area contributed by atoms with Crippen LogP contribution in [0.4, 0.5) is 0 Å². The molecule has 0 radical (unpaired) electrons. The number of esters is 1. The van der Waals surface area contributed by atoms with Crippen molar-refractivity contribution < 1.29 is 19.1 Å². The van der Waals surface area contributed by atoms with Crippen LogP contribution >= 0.6 is 11.6 Å². The number of ketones is 1. The predicted molar refractivity (Wildman–Crippen MR) is 110 cm³/mol. The van der Waals surface area contributed by atoms with Gasteiger partial charge in [0, 0.05) is 5.02 Å². The van der Waals surface area contributed by atoms with Crippen molar-refractivity contribution >= 4 is 23.4 Å². The van der Waals surface area contributed by atoms with E-state index in [0.717, 1.165) is 6.42 Å². The second kappa shape index (κ2) is 10.4. The van der Waals surface area contributed by atoms with Gasteiger partial charge >= 0.3 is 5.97 Å². The molecular weight excluding hydrogens is 394 g/mol. The zero-order valence-corrected chi connectivity index (χ0v) is 18.1. The van der Waals surface area contributed by atoms with Crippen molar-refractivity contribution in [3.63, 3.8) is 0 Å². The number of Topliss-reactive ketones (excluding diaryl/α,β-unsaturated/α-hetero) is 1. The SMILES string of the molecule is CCCCC(C(=O)OCC)(C(=O)C(Oc1ccc(Cl)cc1)n1cncn1)C(C)C. The molecule has 1 aromatic heterocycles. The number of ether oxygens (including phenoxy) is 2. The van der Waals surface area contributed by atoms with Crippen LogP contribution in [0.2, 0.25) is 5.02 Å². The topological polar surface area (TPSA) is 83.3 Å². The number of hydrogen-bond donors (Lipinski definition) is 0. The van der Waals surface area contributed by atoms with Gasteiger partial charge in [-0.3, -0.25) is 9.59 Å². The molecule has 0 bridgehead atoms. The van der Waals surface area contributed by atoms with Gasteiger partial charge in [0.1, 0.15) is 23.8 Å². The lowest BCUT2D eigenvalue weighted by atomic mass is 9.69. The van der Waals surface area contributed by atoms with Crippen LogP contribution in [0.15, 0.2) is 36.9 Å². The first-order chi connectivity index (χ1) is 13.9. The van der Waals surface area contributed by atoms with Crippen LogP contribution in [-0.4, -0.2) is 33.1 Å². The molecule has 2 aromatic rings. The van der Waals surface area contributed by atoms with Gasteiger partial charge in [-0.15, -0.1) is 0 Å². The summed E-state index contributed by atoms with van der Waals surface area (Å²) in [6.45, 7) is 7.64. The first-order valence-corrected chi connectivity index (χ1v) is 10.2. The summed E-state index contributed by atoms with van der Waals surface area (Å²) >= 11 is 5.95. The number of nitrogens with zero attached hydrogens (tertiary/aromatic N) is 3. The fourth-order valence-electron chi connectivity index (χ4n) is 3.28. The van der Waals surface area contributed by atoms with Crippen molar-refractivity contribution in [2.75, 3.05) is 6.61 Å². The molecule has 7 nitrogen and oxygen atoms in total. The maximum atomic E-state index is 13.9. The highest BCUT2D eigenvalue weighted by atomic mass is 35.5. The van der Waals surface area contributed by atoms with Gasteiger partial charge in [0.25, 0.3) is 6.23 Å². The smallest absolute Gasteiger partial charge is 0.320 e. The second-order valence-corrected chi connectivity index (χ2v) is 7.55. The van der Waals surface area contributed by atoms with Crippen molar-refractivity contribution in [1.29, 1.82) is 0 Å². The lowest BCUT2D eigenvalue weighted by molar-refractivity contribution is -0.169. The Kier molecular flexibility index (Phi) is 8.20. The number of rotatable bonds is 11. The number of hydrogen-bond acceptors (Lipinski definition) is 6. The minimum atomic E-state index is -1.35. The predicted octanol–water partition coefficient (Wildman–Crippen LogP) is 4.47. The lowest BCUT2D eigenvalue weighted by Gasteiger charge is -2.36.